The van der Waals surface area contributed by atoms with E-state index in [1.165, 1.54) is 12.1 Å². The Morgan fingerprint density at radius 1 is 1.12 bits per heavy atom. The Bertz CT molecular complexity index is 757. The van der Waals surface area contributed by atoms with Crippen LogP contribution in [0.15, 0.2) is 42.5 Å². The lowest BCUT2D eigenvalue weighted by molar-refractivity contribution is -0.130. The fraction of sp³-hybridized carbons (Fsp3) is 0.316. The maximum Gasteiger partial charge on any atom is 0.231 e. The number of rotatable bonds is 5. The zero-order valence-corrected chi connectivity index (χ0v) is 13.2. The largest absolute Gasteiger partial charge is 0.392 e. The van der Waals surface area contributed by atoms with Gasteiger partial charge in [0, 0.05) is 18.2 Å². The Labute approximate surface area is 139 Å². The van der Waals surface area contributed by atoms with Crippen molar-refractivity contribution >= 4 is 5.91 Å². The molecule has 0 aromatic heterocycles. The molecule has 126 valence electrons. The van der Waals surface area contributed by atoms with E-state index in [1.807, 2.05) is 18.2 Å². The molecule has 0 unspecified atom stereocenters. The second kappa shape index (κ2) is 6.69. The lowest BCUT2D eigenvalue weighted by Crippen LogP contribution is -2.49. The first-order valence-corrected chi connectivity index (χ1v) is 7.98. The van der Waals surface area contributed by atoms with Crippen molar-refractivity contribution in [2.45, 2.75) is 37.8 Å². The molecule has 0 heterocycles. The summed E-state index contributed by atoms with van der Waals surface area (Å²) in [6.45, 7) is 0.157. The summed E-state index contributed by atoms with van der Waals surface area (Å²) in [5.41, 5.74) is 0.894. The molecule has 0 atom stereocenters. The van der Waals surface area contributed by atoms with Gasteiger partial charge in [-0.25, -0.2) is 8.78 Å². The van der Waals surface area contributed by atoms with E-state index in [4.69, 9.17) is 0 Å². The Morgan fingerprint density at radius 3 is 2.42 bits per heavy atom. The molecule has 3 nitrogen and oxygen atoms in total. The van der Waals surface area contributed by atoms with Crippen LogP contribution in [0.5, 0.6) is 0 Å². The number of hydrogen-bond donors (Lipinski definition) is 2. The van der Waals surface area contributed by atoms with Crippen LogP contribution in [0.25, 0.3) is 0 Å². The van der Waals surface area contributed by atoms with Gasteiger partial charge in [-0.3, -0.25) is 4.79 Å². The van der Waals surface area contributed by atoms with Gasteiger partial charge >= 0.3 is 0 Å². The summed E-state index contributed by atoms with van der Waals surface area (Å²) in [4.78, 5) is 12.7. The van der Waals surface area contributed by atoms with Crippen molar-refractivity contribution in [1.29, 1.82) is 0 Å². The molecule has 1 fully saturated rings. The van der Waals surface area contributed by atoms with E-state index in [0.717, 1.165) is 23.6 Å². The molecule has 5 heteroatoms. The number of benzene rings is 2. The molecule has 0 radical (unpaired) electrons. The van der Waals surface area contributed by atoms with Crippen molar-refractivity contribution in [3.8, 4) is 0 Å². The number of halogens is 2. The summed E-state index contributed by atoms with van der Waals surface area (Å²) in [6.07, 6.45) is 1.92. The summed E-state index contributed by atoms with van der Waals surface area (Å²) in [5.74, 6) is -1.59. The Hall–Kier alpha value is -2.27. The predicted octanol–water partition coefficient (Wildman–Crippen LogP) is 3.20. The first-order chi connectivity index (χ1) is 11.6. The van der Waals surface area contributed by atoms with Crippen LogP contribution in [-0.2, 0) is 23.4 Å². The molecule has 24 heavy (non-hydrogen) atoms. The molecule has 1 aliphatic rings. The minimum atomic E-state index is -0.925. The monoisotopic (exact) mass is 331 g/mol. The van der Waals surface area contributed by atoms with Gasteiger partial charge in [0.15, 0.2) is 0 Å². The lowest BCUT2D eigenvalue weighted by atomic mass is 9.63. The van der Waals surface area contributed by atoms with Crippen LogP contribution in [-0.4, -0.2) is 11.0 Å². The van der Waals surface area contributed by atoms with E-state index in [1.54, 1.807) is 6.07 Å². The van der Waals surface area contributed by atoms with Gasteiger partial charge in [-0.1, -0.05) is 36.8 Å². The van der Waals surface area contributed by atoms with Crippen molar-refractivity contribution in [2.75, 3.05) is 0 Å². The van der Waals surface area contributed by atoms with E-state index in [2.05, 4.69) is 5.32 Å². The normalized spacial score (nSPS) is 15.6. The van der Waals surface area contributed by atoms with Crippen LogP contribution < -0.4 is 5.32 Å². The maximum atomic E-state index is 14.2. The second-order valence-corrected chi connectivity index (χ2v) is 6.17. The number of carbonyl (C=O) groups is 1. The lowest BCUT2D eigenvalue weighted by Gasteiger charge is -2.40. The third-order valence-corrected chi connectivity index (χ3v) is 4.82. The zero-order chi connectivity index (χ0) is 17.2. The Balaban J connectivity index is 1.79. The van der Waals surface area contributed by atoms with Crippen LogP contribution in [0.2, 0.25) is 0 Å². The number of amides is 1. The van der Waals surface area contributed by atoms with Gasteiger partial charge in [0.25, 0.3) is 0 Å². The first kappa shape index (κ1) is 16.6. The summed E-state index contributed by atoms with van der Waals surface area (Å²) in [5, 5.41) is 12.2. The zero-order valence-electron chi connectivity index (χ0n) is 13.2. The molecular weight excluding hydrogens is 312 g/mol. The van der Waals surface area contributed by atoms with Crippen LogP contribution in [0.1, 0.15) is 36.0 Å². The number of nitrogens with one attached hydrogen (secondary N) is 1. The quantitative estimate of drug-likeness (QED) is 0.884. The van der Waals surface area contributed by atoms with Gasteiger partial charge in [0.1, 0.15) is 11.6 Å². The van der Waals surface area contributed by atoms with Crippen LogP contribution in [0.3, 0.4) is 0 Å². The molecule has 0 bridgehead atoms. The molecule has 1 saturated carbocycles. The predicted molar refractivity (Wildman–Crippen MR) is 86.1 cm³/mol. The molecule has 2 aromatic rings. The highest BCUT2D eigenvalue weighted by Crippen LogP contribution is 2.45. The van der Waals surface area contributed by atoms with E-state index < -0.39 is 17.0 Å². The number of carbonyl (C=O) groups excluding carboxylic acids is 1. The summed E-state index contributed by atoms with van der Waals surface area (Å²) < 4.78 is 27.3. The fourth-order valence-electron chi connectivity index (χ4n) is 3.26. The van der Waals surface area contributed by atoms with Crippen LogP contribution >= 0.6 is 0 Å². The van der Waals surface area contributed by atoms with Crippen molar-refractivity contribution in [3.63, 3.8) is 0 Å². The summed E-state index contributed by atoms with van der Waals surface area (Å²) in [6, 6.07) is 10.7. The van der Waals surface area contributed by atoms with Gasteiger partial charge in [-0.2, -0.15) is 0 Å². The third kappa shape index (κ3) is 2.91. The summed E-state index contributed by atoms with van der Waals surface area (Å²) in [7, 11) is 0. The van der Waals surface area contributed by atoms with Gasteiger partial charge in [-0.15, -0.1) is 0 Å². The van der Waals surface area contributed by atoms with E-state index in [0.29, 0.717) is 12.8 Å². The fourth-order valence-corrected chi connectivity index (χ4v) is 3.26. The van der Waals surface area contributed by atoms with Crippen molar-refractivity contribution in [3.05, 3.63) is 70.8 Å². The SMILES string of the molecule is O=C(NCc1ccccc1CO)C1(c2ccc(F)cc2F)CCC1. The molecule has 0 saturated heterocycles. The molecule has 2 aromatic carbocycles. The van der Waals surface area contributed by atoms with Gasteiger partial charge < -0.3 is 10.4 Å². The van der Waals surface area contributed by atoms with Gasteiger partial charge in [0.2, 0.25) is 5.91 Å². The van der Waals surface area contributed by atoms with E-state index in [9.17, 15) is 18.7 Å². The van der Waals surface area contributed by atoms with Gasteiger partial charge in [0.05, 0.1) is 12.0 Å². The van der Waals surface area contributed by atoms with E-state index in [-0.39, 0.29) is 24.6 Å². The first-order valence-electron chi connectivity index (χ1n) is 7.98. The van der Waals surface area contributed by atoms with E-state index >= 15 is 0 Å². The Morgan fingerprint density at radius 2 is 1.83 bits per heavy atom. The standard InChI is InChI=1S/C19H19F2NO2/c20-15-6-7-16(17(21)10-15)19(8-3-9-19)18(24)22-11-13-4-1-2-5-14(13)12-23/h1-2,4-7,10,23H,3,8-9,11-12H2,(H,22,24). The molecule has 2 N–H and O–H groups in total. The smallest absolute Gasteiger partial charge is 0.231 e. The van der Waals surface area contributed by atoms with Crippen LogP contribution in [0.4, 0.5) is 8.78 Å². The van der Waals surface area contributed by atoms with Gasteiger partial charge in [-0.05, 0) is 30.0 Å². The average Bonchev–Trinajstić information content (AvgIpc) is 2.54. The topological polar surface area (TPSA) is 49.3 Å². The number of aliphatic hydroxyl groups excluding tert-OH is 1. The highest BCUT2D eigenvalue weighted by atomic mass is 19.1. The minimum absolute atomic E-state index is 0.107. The maximum absolute atomic E-state index is 14.2. The molecule has 1 aliphatic carbocycles. The molecular formula is C19H19F2NO2. The molecule has 0 aliphatic heterocycles. The highest BCUT2D eigenvalue weighted by Gasteiger charge is 2.47. The van der Waals surface area contributed by atoms with Crippen molar-refractivity contribution < 1.29 is 18.7 Å². The second-order valence-electron chi connectivity index (χ2n) is 6.17. The molecule has 1 amide bonds. The van der Waals surface area contributed by atoms with Crippen molar-refractivity contribution in [2.24, 2.45) is 0 Å². The van der Waals surface area contributed by atoms with Crippen LogP contribution in [0, 0.1) is 11.6 Å². The Kier molecular flexibility index (Phi) is 4.62. The van der Waals surface area contributed by atoms with Crippen molar-refractivity contribution in [1.82, 2.24) is 5.32 Å². The minimum Gasteiger partial charge on any atom is -0.392 e. The molecule has 3 rings (SSSR count). The average molecular weight is 331 g/mol. The number of aliphatic hydroxyl groups is 1. The third-order valence-electron chi connectivity index (χ3n) is 4.82. The number of hydrogen-bond acceptors (Lipinski definition) is 2. The highest BCUT2D eigenvalue weighted by molar-refractivity contribution is 5.89. The summed E-state index contributed by atoms with van der Waals surface area (Å²) >= 11 is 0. The molecule has 0 spiro atoms.